The lowest BCUT2D eigenvalue weighted by molar-refractivity contribution is -0.129. The van der Waals surface area contributed by atoms with Gasteiger partial charge in [0, 0.05) is 39.8 Å². The maximum absolute atomic E-state index is 11.7. The van der Waals surface area contributed by atoms with Crippen molar-refractivity contribution in [3.05, 3.63) is 12.4 Å². The fourth-order valence-corrected chi connectivity index (χ4v) is 2.16. The third-order valence-electron chi connectivity index (χ3n) is 3.35. The summed E-state index contributed by atoms with van der Waals surface area (Å²) in [5.74, 6) is 1.57. The third kappa shape index (κ3) is 3.36. The van der Waals surface area contributed by atoms with Crippen LogP contribution in [0, 0.1) is 0 Å². The number of anilines is 2. The van der Waals surface area contributed by atoms with E-state index in [2.05, 4.69) is 9.97 Å². The molecule has 0 bridgehead atoms. The highest BCUT2D eigenvalue weighted by atomic mass is 16.3. The average Bonchev–Trinajstić information content (AvgIpc) is 2.41. The van der Waals surface area contributed by atoms with Crippen molar-refractivity contribution in [1.29, 1.82) is 0 Å². The smallest absolute Gasteiger partial charge is 0.241 e. The van der Waals surface area contributed by atoms with Gasteiger partial charge in [0.25, 0.3) is 0 Å². The second-order valence-electron chi connectivity index (χ2n) is 5.20. The highest BCUT2D eigenvalue weighted by Gasteiger charge is 2.22. The van der Waals surface area contributed by atoms with Crippen LogP contribution >= 0.6 is 0 Å². The van der Waals surface area contributed by atoms with Gasteiger partial charge in [0.1, 0.15) is 18.0 Å². The van der Waals surface area contributed by atoms with Crippen LogP contribution in [0.15, 0.2) is 12.4 Å². The molecular formula is C13H21N5O2. The second-order valence-corrected chi connectivity index (χ2v) is 5.20. The molecule has 1 aliphatic rings. The zero-order valence-electron chi connectivity index (χ0n) is 12.2. The zero-order valence-corrected chi connectivity index (χ0v) is 12.2. The average molecular weight is 279 g/mol. The Hall–Kier alpha value is -1.89. The van der Waals surface area contributed by atoms with Crippen molar-refractivity contribution in [2.24, 2.45) is 0 Å². The highest BCUT2D eigenvalue weighted by molar-refractivity contribution is 5.82. The number of hydrogen-bond acceptors (Lipinski definition) is 6. The summed E-state index contributed by atoms with van der Waals surface area (Å²) in [6.45, 7) is 4.03. The number of rotatable bonds is 4. The summed E-state index contributed by atoms with van der Waals surface area (Å²) in [5.41, 5.74) is 0. The first-order chi connectivity index (χ1) is 9.47. The molecular weight excluding hydrogens is 258 g/mol. The van der Waals surface area contributed by atoms with Crippen LogP contribution in [0.3, 0.4) is 0 Å². The predicted molar refractivity (Wildman–Crippen MR) is 76.8 cm³/mol. The topological polar surface area (TPSA) is 72.8 Å². The van der Waals surface area contributed by atoms with Gasteiger partial charge in [0.2, 0.25) is 5.91 Å². The molecule has 1 unspecified atom stereocenters. The number of amides is 1. The van der Waals surface area contributed by atoms with Crippen LogP contribution in [0.2, 0.25) is 0 Å². The van der Waals surface area contributed by atoms with E-state index >= 15 is 0 Å². The van der Waals surface area contributed by atoms with E-state index in [-0.39, 0.29) is 5.91 Å². The first-order valence-corrected chi connectivity index (χ1v) is 6.67. The van der Waals surface area contributed by atoms with Crippen molar-refractivity contribution >= 4 is 17.5 Å². The van der Waals surface area contributed by atoms with Crippen LogP contribution in [0.4, 0.5) is 11.6 Å². The van der Waals surface area contributed by atoms with Gasteiger partial charge in [-0.05, 0) is 6.92 Å². The molecule has 1 aliphatic heterocycles. The van der Waals surface area contributed by atoms with Gasteiger partial charge >= 0.3 is 0 Å². The summed E-state index contributed by atoms with van der Waals surface area (Å²) in [5, 5.41) is 9.42. The van der Waals surface area contributed by atoms with Gasteiger partial charge in [-0.3, -0.25) is 4.79 Å². The fourth-order valence-electron chi connectivity index (χ4n) is 2.16. The lowest BCUT2D eigenvalue weighted by Crippen LogP contribution is -2.48. The van der Waals surface area contributed by atoms with Crippen molar-refractivity contribution in [2.45, 2.75) is 13.0 Å². The fraction of sp³-hybridized carbons (Fsp3) is 0.615. The van der Waals surface area contributed by atoms with Crippen LogP contribution < -0.4 is 9.80 Å². The molecule has 1 fully saturated rings. The number of carbonyl (C=O) groups excluding carboxylic acids is 1. The maximum atomic E-state index is 11.7. The molecule has 2 rings (SSSR count). The van der Waals surface area contributed by atoms with E-state index in [0.29, 0.717) is 19.6 Å². The highest BCUT2D eigenvalue weighted by Crippen LogP contribution is 2.18. The van der Waals surface area contributed by atoms with Crippen molar-refractivity contribution in [1.82, 2.24) is 14.9 Å². The van der Waals surface area contributed by atoms with Crippen LogP contribution in [0.1, 0.15) is 6.92 Å². The molecule has 2 heterocycles. The largest absolute Gasteiger partial charge is 0.392 e. The van der Waals surface area contributed by atoms with Crippen LogP contribution in [0.25, 0.3) is 0 Å². The number of likely N-dealkylation sites (N-methyl/N-ethyl adjacent to an activating group) is 2. The van der Waals surface area contributed by atoms with Gasteiger partial charge in [-0.2, -0.15) is 0 Å². The second kappa shape index (κ2) is 6.04. The molecule has 1 amide bonds. The number of aromatic nitrogens is 2. The Morgan fingerprint density at radius 2 is 2.20 bits per heavy atom. The Labute approximate surface area is 118 Å². The van der Waals surface area contributed by atoms with Gasteiger partial charge in [-0.25, -0.2) is 9.97 Å². The molecule has 0 spiro atoms. The first-order valence-electron chi connectivity index (χ1n) is 6.67. The van der Waals surface area contributed by atoms with Crippen LogP contribution in [0.5, 0.6) is 0 Å². The van der Waals surface area contributed by atoms with Crippen molar-refractivity contribution < 1.29 is 9.90 Å². The molecule has 7 heteroatoms. The molecule has 1 atom stereocenters. The Kier molecular flexibility index (Phi) is 4.39. The van der Waals surface area contributed by atoms with E-state index in [4.69, 9.17) is 0 Å². The summed E-state index contributed by atoms with van der Waals surface area (Å²) in [7, 11) is 3.68. The molecule has 0 aromatic carbocycles. The molecule has 20 heavy (non-hydrogen) atoms. The lowest BCUT2D eigenvalue weighted by atomic mass is 10.3. The van der Waals surface area contributed by atoms with Crippen molar-refractivity contribution in [3.8, 4) is 0 Å². The maximum Gasteiger partial charge on any atom is 0.241 e. The van der Waals surface area contributed by atoms with Gasteiger partial charge in [-0.15, -0.1) is 0 Å². The predicted octanol–water partition coefficient (Wildman–Crippen LogP) is -0.428. The normalized spacial score (nSPS) is 17.3. The zero-order chi connectivity index (χ0) is 14.7. The summed E-state index contributed by atoms with van der Waals surface area (Å²) in [6, 6.07) is 1.85. The minimum absolute atomic E-state index is 0.0914. The molecule has 0 aliphatic carbocycles. The Morgan fingerprint density at radius 1 is 1.45 bits per heavy atom. The van der Waals surface area contributed by atoms with Crippen LogP contribution in [-0.2, 0) is 4.79 Å². The molecule has 7 nitrogen and oxygen atoms in total. The van der Waals surface area contributed by atoms with E-state index in [9.17, 15) is 9.90 Å². The van der Waals surface area contributed by atoms with E-state index in [1.807, 2.05) is 30.0 Å². The Bertz CT molecular complexity index is 480. The minimum Gasteiger partial charge on any atom is -0.392 e. The van der Waals surface area contributed by atoms with E-state index in [1.54, 1.807) is 11.8 Å². The van der Waals surface area contributed by atoms with Gasteiger partial charge in [-0.1, -0.05) is 0 Å². The molecule has 0 saturated carbocycles. The summed E-state index contributed by atoms with van der Waals surface area (Å²) in [6.07, 6.45) is 1.06. The summed E-state index contributed by atoms with van der Waals surface area (Å²) >= 11 is 0. The Morgan fingerprint density at radius 3 is 2.85 bits per heavy atom. The monoisotopic (exact) mass is 279 g/mol. The number of aliphatic hydroxyl groups is 1. The minimum atomic E-state index is -0.427. The lowest BCUT2D eigenvalue weighted by Gasteiger charge is -2.33. The number of hydrogen-bond donors (Lipinski definition) is 1. The number of nitrogens with zero attached hydrogens (tertiary/aromatic N) is 5. The molecule has 0 radical (unpaired) electrons. The molecule has 1 saturated heterocycles. The molecule has 1 aromatic heterocycles. The number of aliphatic hydroxyl groups excluding tert-OH is 1. The standard InChI is InChI=1S/C13H21N5O2/c1-10(19)7-17(3)11-6-12(15-9-14-11)18-5-4-16(2)13(20)8-18/h6,9-10,19H,4-5,7-8H2,1-3H3. The van der Waals surface area contributed by atoms with Gasteiger partial charge < -0.3 is 19.8 Å². The molecule has 1 N–H and O–H groups in total. The number of carbonyl (C=O) groups is 1. The Balaban J connectivity index is 2.11. The van der Waals surface area contributed by atoms with E-state index in [1.165, 1.54) is 6.33 Å². The van der Waals surface area contributed by atoms with E-state index < -0.39 is 6.10 Å². The number of piperazine rings is 1. The molecule has 110 valence electrons. The first kappa shape index (κ1) is 14.5. The SMILES string of the molecule is CC(O)CN(C)c1cc(N2CCN(C)C(=O)C2)ncn1. The summed E-state index contributed by atoms with van der Waals surface area (Å²) < 4.78 is 0. The van der Waals surface area contributed by atoms with Crippen LogP contribution in [-0.4, -0.2) is 72.3 Å². The third-order valence-corrected chi connectivity index (χ3v) is 3.35. The van der Waals surface area contributed by atoms with Crippen molar-refractivity contribution in [2.75, 3.05) is 50.1 Å². The summed E-state index contributed by atoms with van der Waals surface area (Å²) in [4.78, 5) is 25.7. The van der Waals surface area contributed by atoms with E-state index in [0.717, 1.165) is 18.2 Å². The van der Waals surface area contributed by atoms with Gasteiger partial charge in [0.05, 0.1) is 12.6 Å². The molecule has 1 aromatic rings. The van der Waals surface area contributed by atoms with Crippen molar-refractivity contribution in [3.63, 3.8) is 0 Å². The van der Waals surface area contributed by atoms with Gasteiger partial charge in [0.15, 0.2) is 0 Å². The quantitative estimate of drug-likeness (QED) is 0.806.